The van der Waals surface area contributed by atoms with Gasteiger partial charge >= 0.3 is 0 Å². The fourth-order valence-electron chi connectivity index (χ4n) is 10.7. The number of benzene rings is 9. The fraction of sp³-hybridized carbons (Fsp3) is 0.0161. The first-order valence-electron chi connectivity index (χ1n) is 22.3. The number of aromatic nitrogens is 3. The van der Waals surface area contributed by atoms with E-state index in [1.54, 1.807) is 0 Å². The maximum absolute atomic E-state index is 5.67. The van der Waals surface area contributed by atoms with Crippen molar-refractivity contribution in [2.24, 2.45) is 0 Å². The lowest BCUT2D eigenvalue weighted by Crippen LogP contribution is -2.25. The van der Waals surface area contributed by atoms with Crippen molar-refractivity contribution in [1.29, 1.82) is 0 Å². The van der Waals surface area contributed by atoms with Crippen LogP contribution < -0.4 is 0 Å². The van der Waals surface area contributed by atoms with Crippen LogP contribution in [-0.4, -0.2) is 15.0 Å². The van der Waals surface area contributed by atoms with Crippen LogP contribution in [0.4, 0.5) is 0 Å². The molecule has 9 aromatic carbocycles. The average molecular weight is 826 g/mol. The quantitative estimate of drug-likeness (QED) is 0.168. The summed E-state index contributed by atoms with van der Waals surface area (Å²) in [5, 5.41) is 1.09. The second-order valence-corrected chi connectivity index (χ2v) is 17.0. The molecule has 11 aromatic rings. The van der Waals surface area contributed by atoms with E-state index in [-0.39, 0.29) is 0 Å². The second-order valence-electron chi connectivity index (χ2n) is 17.0. The molecule has 0 atom stereocenters. The fourth-order valence-corrected chi connectivity index (χ4v) is 10.7. The van der Waals surface area contributed by atoms with Gasteiger partial charge in [0.2, 0.25) is 0 Å². The minimum absolute atomic E-state index is 0.482. The Labute approximate surface area is 378 Å². The molecule has 0 amide bonds. The molecule has 0 unspecified atom stereocenters. The van der Waals surface area contributed by atoms with E-state index in [9.17, 15) is 0 Å². The van der Waals surface area contributed by atoms with Crippen LogP contribution in [-0.2, 0) is 5.41 Å². The van der Waals surface area contributed by atoms with Crippen LogP contribution in [0, 0.1) is 0 Å². The highest BCUT2D eigenvalue weighted by Crippen LogP contribution is 2.63. The summed E-state index contributed by atoms with van der Waals surface area (Å²) in [5.74, 6) is 0.676. The van der Waals surface area contributed by atoms with E-state index in [1.165, 1.54) is 44.5 Å². The molecule has 2 aliphatic carbocycles. The Morgan fingerprint density at radius 1 is 0.246 bits per heavy atom. The maximum atomic E-state index is 5.67. The van der Waals surface area contributed by atoms with Gasteiger partial charge in [0.25, 0.3) is 0 Å². The summed E-state index contributed by atoms with van der Waals surface area (Å²) in [7, 11) is 0. The highest BCUT2D eigenvalue weighted by molar-refractivity contribution is 6.05. The smallest absolute Gasteiger partial charge is 0.160 e. The second kappa shape index (κ2) is 14.8. The molecule has 2 heterocycles. The summed E-state index contributed by atoms with van der Waals surface area (Å²) in [6.45, 7) is 0. The van der Waals surface area contributed by atoms with Gasteiger partial charge in [-0.1, -0.05) is 206 Å². The first-order valence-corrected chi connectivity index (χ1v) is 22.3. The molecule has 0 saturated heterocycles. The van der Waals surface area contributed by atoms with Gasteiger partial charge in [-0.25, -0.2) is 15.0 Å². The Hall–Kier alpha value is -8.53. The zero-order chi connectivity index (χ0) is 42.9. The molecular formula is C62H39N3. The zero-order valence-corrected chi connectivity index (χ0v) is 35.4. The van der Waals surface area contributed by atoms with Crippen molar-refractivity contribution in [3.8, 4) is 89.7 Å². The molecule has 0 radical (unpaired) electrons. The molecule has 0 saturated carbocycles. The first-order chi connectivity index (χ1) is 32.2. The van der Waals surface area contributed by atoms with E-state index in [2.05, 4.69) is 224 Å². The summed E-state index contributed by atoms with van der Waals surface area (Å²) < 4.78 is 0. The van der Waals surface area contributed by atoms with Crippen LogP contribution in [0.3, 0.4) is 0 Å². The van der Waals surface area contributed by atoms with E-state index < -0.39 is 5.41 Å². The molecule has 0 N–H and O–H groups in total. The van der Waals surface area contributed by atoms with Crippen LogP contribution in [0.5, 0.6) is 0 Å². The summed E-state index contributed by atoms with van der Waals surface area (Å²) >= 11 is 0. The molecule has 0 fully saturated rings. The lowest BCUT2D eigenvalue weighted by atomic mass is 9.70. The lowest BCUT2D eigenvalue weighted by molar-refractivity contribution is 0.794. The standard InChI is InChI=1S/C62H39N3/c1-4-19-40(20-5-1)45-27-10-11-31-49(45)59-37-50(43-25-18-26-44(35-43)61-64-57(41-21-6-2-7-22-41)39-58(65-61)42-23-8-3-9-24-42)52-36-51-48-30-14-17-34-55(48)62(56(51)38-60(52)63-59)53-32-15-12-28-46(53)47-29-13-16-33-54(47)62/h1-39H. The van der Waals surface area contributed by atoms with Crippen molar-refractivity contribution >= 4 is 10.9 Å². The average Bonchev–Trinajstić information content (AvgIpc) is 3.85. The molecule has 0 aliphatic heterocycles. The third-order valence-electron chi connectivity index (χ3n) is 13.5. The third kappa shape index (κ3) is 5.79. The molecule has 2 aliphatic rings. The first kappa shape index (κ1) is 37.1. The predicted molar refractivity (Wildman–Crippen MR) is 266 cm³/mol. The van der Waals surface area contributed by atoms with Gasteiger partial charge in [0.05, 0.1) is 28.0 Å². The Morgan fingerprint density at radius 3 is 1.29 bits per heavy atom. The minimum atomic E-state index is -0.482. The van der Waals surface area contributed by atoms with Gasteiger partial charge in [-0.2, -0.15) is 0 Å². The molecule has 13 rings (SSSR count). The monoisotopic (exact) mass is 825 g/mol. The van der Waals surface area contributed by atoms with Gasteiger partial charge in [0.1, 0.15) is 0 Å². The summed E-state index contributed by atoms with van der Waals surface area (Å²) in [4.78, 5) is 16.1. The number of pyridine rings is 1. The molecule has 2 aromatic heterocycles. The van der Waals surface area contributed by atoms with Crippen LogP contribution in [0.1, 0.15) is 22.3 Å². The van der Waals surface area contributed by atoms with Gasteiger partial charge < -0.3 is 0 Å². The van der Waals surface area contributed by atoms with Crippen molar-refractivity contribution in [3.63, 3.8) is 0 Å². The highest BCUT2D eigenvalue weighted by atomic mass is 14.9. The number of hydrogen-bond acceptors (Lipinski definition) is 3. The third-order valence-corrected chi connectivity index (χ3v) is 13.5. The number of rotatable bonds is 6. The normalized spacial score (nSPS) is 12.7. The van der Waals surface area contributed by atoms with Crippen molar-refractivity contribution in [1.82, 2.24) is 15.0 Å². The van der Waals surface area contributed by atoms with Crippen molar-refractivity contribution in [3.05, 3.63) is 259 Å². The van der Waals surface area contributed by atoms with Crippen LogP contribution in [0.25, 0.3) is 101 Å². The summed E-state index contributed by atoms with van der Waals surface area (Å²) in [5.41, 5.74) is 22.0. The molecule has 3 nitrogen and oxygen atoms in total. The van der Waals surface area contributed by atoms with Gasteiger partial charge in [0, 0.05) is 27.6 Å². The minimum Gasteiger partial charge on any atom is -0.248 e. The maximum Gasteiger partial charge on any atom is 0.160 e. The van der Waals surface area contributed by atoms with Gasteiger partial charge in [-0.3, -0.25) is 0 Å². The summed E-state index contributed by atoms with van der Waals surface area (Å²) in [6, 6.07) is 85.0. The Kier molecular flexibility index (Phi) is 8.44. The van der Waals surface area contributed by atoms with Gasteiger partial charge in [-0.15, -0.1) is 0 Å². The Balaban J connectivity index is 1.08. The molecule has 302 valence electrons. The summed E-state index contributed by atoms with van der Waals surface area (Å²) in [6.07, 6.45) is 0. The van der Waals surface area contributed by atoms with Crippen molar-refractivity contribution in [2.75, 3.05) is 0 Å². The van der Waals surface area contributed by atoms with E-state index in [0.29, 0.717) is 5.82 Å². The molecule has 0 bridgehead atoms. The van der Waals surface area contributed by atoms with Crippen LogP contribution in [0.15, 0.2) is 237 Å². The lowest BCUT2D eigenvalue weighted by Gasteiger charge is -2.30. The number of nitrogens with zero attached hydrogens (tertiary/aromatic N) is 3. The molecular weight excluding hydrogens is 787 g/mol. The Bertz CT molecular complexity index is 3550. The van der Waals surface area contributed by atoms with E-state index in [4.69, 9.17) is 15.0 Å². The van der Waals surface area contributed by atoms with E-state index in [0.717, 1.165) is 72.5 Å². The van der Waals surface area contributed by atoms with Gasteiger partial charge in [-0.05, 0) is 97.1 Å². The topological polar surface area (TPSA) is 38.7 Å². The molecule has 65 heavy (non-hydrogen) atoms. The largest absolute Gasteiger partial charge is 0.248 e. The Morgan fingerprint density at radius 2 is 0.708 bits per heavy atom. The zero-order valence-electron chi connectivity index (χ0n) is 35.4. The van der Waals surface area contributed by atoms with Crippen molar-refractivity contribution in [2.45, 2.75) is 5.41 Å². The molecule has 3 heteroatoms. The van der Waals surface area contributed by atoms with Crippen molar-refractivity contribution < 1.29 is 0 Å². The van der Waals surface area contributed by atoms with E-state index >= 15 is 0 Å². The number of hydrogen-bond donors (Lipinski definition) is 0. The van der Waals surface area contributed by atoms with Crippen LogP contribution >= 0.6 is 0 Å². The number of fused-ring (bicyclic) bond motifs is 11. The molecule has 1 spiro atoms. The SMILES string of the molecule is c1ccc(-c2cc(-c3ccccc3)nc(-c3cccc(-c4cc(-c5ccccc5-c5ccccc5)nc5cc6c(cc45)-c4ccccc4C64c5ccccc5-c5ccccc54)c3)n2)cc1. The van der Waals surface area contributed by atoms with E-state index in [1.807, 2.05) is 12.1 Å². The highest BCUT2D eigenvalue weighted by Gasteiger charge is 2.51. The predicted octanol–water partition coefficient (Wildman–Crippen LogP) is 15.4. The van der Waals surface area contributed by atoms with Gasteiger partial charge in [0.15, 0.2) is 5.82 Å². The van der Waals surface area contributed by atoms with Crippen LogP contribution in [0.2, 0.25) is 0 Å².